The molecule has 0 saturated heterocycles. The molecule has 0 atom stereocenters. The Bertz CT molecular complexity index is 681. The van der Waals surface area contributed by atoms with E-state index in [1.54, 1.807) is 24.3 Å². The third kappa shape index (κ3) is 3.54. The average Bonchev–Trinajstić information content (AvgIpc) is 2.91. The van der Waals surface area contributed by atoms with Crippen molar-refractivity contribution in [3.63, 3.8) is 0 Å². The molecule has 1 aliphatic heterocycles. The topological polar surface area (TPSA) is 108 Å². The lowest BCUT2D eigenvalue weighted by atomic mass is 10.2. The van der Waals surface area contributed by atoms with E-state index in [4.69, 9.17) is 9.84 Å². The number of amides is 2. The molecule has 24 heavy (non-hydrogen) atoms. The molecule has 0 radical (unpaired) electrons. The zero-order valence-electron chi connectivity index (χ0n) is 13.5. The minimum absolute atomic E-state index is 0.0741. The number of rotatable bonds is 6. The number of ether oxygens (including phenoxy) is 1. The number of β-amino-alcohol motifs (C(OH)–C–C–N with tert-alkyl or cyclic N) is 1. The van der Waals surface area contributed by atoms with Crippen molar-refractivity contribution in [2.45, 2.75) is 0 Å². The minimum atomic E-state index is -0.603. The van der Waals surface area contributed by atoms with Crippen LogP contribution in [0.3, 0.4) is 0 Å². The van der Waals surface area contributed by atoms with Gasteiger partial charge in [0.15, 0.2) is 0 Å². The summed E-state index contributed by atoms with van der Waals surface area (Å²) in [4.78, 5) is 37.1. The Labute approximate surface area is 139 Å². The second kappa shape index (κ2) is 7.60. The van der Waals surface area contributed by atoms with Gasteiger partial charge in [0, 0.05) is 24.8 Å². The van der Waals surface area contributed by atoms with Crippen LogP contribution < -0.4 is 10.6 Å². The van der Waals surface area contributed by atoms with E-state index in [1.165, 1.54) is 19.1 Å². The Morgan fingerprint density at radius 2 is 1.96 bits per heavy atom. The van der Waals surface area contributed by atoms with Crippen LogP contribution in [0.2, 0.25) is 0 Å². The second-order valence-corrected chi connectivity index (χ2v) is 5.08. The monoisotopic (exact) mass is 333 g/mol. The molecule has 2 rings (SSSR count). The van der Waals surface area contributed by atoms with Crippen LogP contribution in [0.25, 0.3) is 0 Å². The highest BCUT2D eigenvalue weighted by molar-refractivity contribution is 6.08. The third-order valence-corrected chi connectivity index (χ3v) is 3.60. The van der Waals surface area contributed by atoms with E-state index in [9.17, 15) is 14.4 Å². The molecule has 1 aliphatic rings. The molecular weight excluding hydrogens is 314 g/mol. The molecule has 0 unspecified atom stereocenters. The Morgan fingerprint density at radius 3 is 2.50 bits per heavy atom. The first kappa shape index (κ1) is 17.5. The molecule has 0 bridgehead atoms. The van der Waals surface area contributed by atoms with Crippen LogP contribution in [0.4, 0.5) is 5.69 Å². The van der Waals surface area contributed by atoms with Crippen LogP contribution in [0.1, 0.15) is 10.4 Å². The molecular formula is C16H19N3O5. The van der Waals surface area contributed by atoms with Crippen LogP contribution in [0.15, 0.2) is 35.5 Å². The normalized spacial score (nSPS) is 14.0. The zero-order chi connectivity index (χ0) is 17.7. The van der Waals surface area contributed by atoms with Gasteiger partial charge in [0.2, 0.25) is 0 Å². The van der Waals surface area contributed by atoms with Gasteiger partial charge < -0.3 is 25.4 Å². The van der Waals surface area contributed by atoms with E-state index in [0.717, 1.165) is 0 Å². The van der Waals surface area contributed by atoms with Gasteiger partial charge in [-0.3, -0.25) is 9.59 Å². The van der Waals surface area contributed by atoms with Crippen LogP contribution in [0.5, 0.6) is 0 Å². The molecule has 8 nitrogen and oxygen atoms in total. The molecule has 3 N–H and O–H groups in total. The first-order valence-electron chi connectivity index (χ1n) is 7.32. The minimum Gasteiger partial charge on any atom is -0.466 e. The quantitative estimate of drug-likeness (QED) is 0.618. The number of hydrogen-bond donors (Lipinski definition) is 3. The summed E-state index contributed by atoms with van der Waals surface area (Å²) in [6, 6.07) is 6.47. The number of hydrogen-bond acceptors (Lipinski definition) is 6. The number of nitrogens with one attached hydrogen (secondary N) is 2. The highest BCUT2D eigenvalue weighted by Crippen LogP contribution is 2.22. The van der Waals surface area contributed by atoms with Gasteiger partial charge in [-0.2, -0.15) is 0 Å². The summed E-state index contributed by atoms with van der Waals surface area (Å²) in [6.07, 6.45) is 0. The zero-order valence-corrected chi connectivity index (χ0v) is 13.5. The van der Waals surface area contributed by atoms with Gasteiger partial charge in [-0.15, -0.1) is 0 Å². The number of esters is 1. The molecule has 1 aromatic carbocycles. The van der Waals surface area contributed by atoms with Gasteiger partial charge >= 0.3 is 5.97 Å². The van der Waals surface area contributed by atoms with Crippen molar-refractivity contribution in [1.82, 2.24) is 10.2 Å². The Hall–Kier alpha value is -2.87. The number of nitrogens with zero attached hydrogens (tertiary/aromatic N) is 1. The smallest absolute Gasteiger partial charge is 0.337 e. The van der Waals surface area contributed by atoms with E-state index in [1.807, 2.05) is 0 Å². The summed E-state index contributed by atoms with van der Waals surface area (Å²) in [5, 5.41) is 14.4. The number of anilines is 1. The van der Waals surface area contributed by atoms with Crippen molar-refractivity contribution in [1.29, 1.82) is 0 Å². The SMILES string of the molecule is CNC(=O)c1ccc(NC2=C(C(=O)OC)CN(CCO)C2=O)cc1. The van der Waals surface area contributed by atoms with Gasteiger partial charge in [0.25, 0.3) is 11.8 Å². The number of carbonyl (C=O) groups excluding carboxylic acids is 3. The lowest BCUT2D eigenvalue weighted by Gasteiger charge is -2.15. The highest BCUT2D eigenvalue weighted by Gasteiger charge is 2.34. The Balaban J connectivity index is 2.25. The number of methoxy groups -OCH3 is 1. The standard InChI is InChI=1S/C16H19N3O5/c1-17-14(21)10-3-5-11(6-4-10)18-13-12(16(23)24-2)9-19(7-8-20)15(13)22/h3-6,18,20H,7-9H2,1-2H3,(H,17,21). The van der Waals surface area contributed by atoms with Crippen molar-refractivity contribution in [2.75, 3.05) is 39.2 Å². The fraction of sp³-hybridized carbons (Fsp3) is 0.312. The molecule has 1 heterocycles. The van der Waals surface area contributed by atoms with Crippen LogP contribution in [0, 0.1) is 0 Å². The molecule has 0 aromatic heterocycles. The fourth-order valence-corrected chi connectivity index (χ4v) is 2.34. The number of carbonyl (C=O) groups is 3. The molecule has 0 fully saturated rings. The van der Waals surface area contributed by atoms with Gasteiger partial charge in [-0.1, -0.05) is 0 Å². The van der Waals surface area contributed by atoms with Crippen LogP contribution in [-0.4, -0.2) is 61.6 Å². The predicted molar refractivity (Wildman–Crippen MR) is 86.2 cm³/mol. The van der Waals surface area contributed by atoms with Gasteiger partial charge in [0.05, 0.1) is 25.8 Å². The maximum atomic E-state index is 12.4. The first-order chi connectivity index (χ1) is 11.5. The van der Waals surface area contributed by atoms with E-state index in [2.05, 4.69) is 10.6 Å². The molecule has 0 saturated carbocycles. The molecule has 0 aliphatic carbocycles. The van der Waals surface area contributed by atoms with E-state index < -0.39 is 5.97 Å². The van der Waals surface area contributed by atoms with Gasteiger partial charge in [0.1, 0.15) is 5.70 Å². The molecule has 2 amide bonds. The molecule has 8 heteroatoms. The maximum absolute atomic E-state index is 12.4. The summed E-state index contributed by atoms with van der Waals surface area (Å²) >= 11 is 0. The van der Waals surface area contributed by atoms with Crippen molar-refractivity contribution in [2.24, 2.45) is 0 Å². The summed E-state index contributed by atoms with van der Waals surface area (Å²) in [6.45, 7) is -0.000853. The van der Waals surface area contributed by atoms with Crippen LogP contribution in [-0.2, 0) is 14.3 Å². The number of aliphatic hydroxyl groups excluding tert-OH is 1. The predicted octanol–water partition coefficient (Wildman–Crippen LogP) is -0.280. The Morgan fingerprint density at radius 1 is 1.29 bits per heavy atom. The summed E-state index contributed by atoms with van der Waals surface area (Å²) < 4.78 is 4.71. The third-order valence-electron chi connectivity index (χ3n) is 3.60. The number of benzene rings is 1. The Kier molecular flexibility index (Phi) is 5.54. The highest BCUT2D eigenvalue weighted by atomic mass is 16.5. The summed E-state index contributed by atoms with van der Waals surface area (Å²) in [5.41, 5.74) is 1.34. The van der Waals surface area contributed by atoms with Crippen LogP contribution >= 0.6 is 0 Å². The summed E-state index contributed by atoms with van der Waals surface area (Å²) in [5.74, 6) is -1.21. The second-order valence-electron chi connectivity index (χ2n) is 5.08. The van der Waals surface area contributed by atoms with Gasteiger partial charge in [-0.25, -0.2) is 4.79 Å². The first-order valence-corrected chi connectivity index (χ1v) is 7.32. The largest absolute Gasteiger partial charge is 0.466 e. The van der Waals surface area contributed by atoms with Crippen molar-refractivity contribution in [3.05, 3.63) is 41.1 Å². The van der Waals surface area contributed by atoms with E-state index >= 15 is 0 Å². The van der Waals surface area contributed by atoms with Gasteiger partial charge in [-0.05, 0) is 24.3 Å². The average molecular weight is 333 g/mol. The fourth-order valence-electron chi connectivity index (χ4n) is 2.34. The lowest BCUT2D eigenvalue weighted by molar-refractivity contribution is -0.136. The van der Waals surface area contributed by atoms with Crippen molar-refractivity contribution in [3.8, 4) is 0 Å². The maximum Gasteiger partial charge on any atom is 0.337 e. The molecule has 1 aromatic rings. The van der Waals surface area contributed by atoms with E-state index in [-0.39, 0.29) is 42.8 Å². The molecule has 0 spiro atoms. The lowest BCUT2D eigenvalue weighted by Crippen LogP contribution is -2.31. The van der Waals surface area contributed by atoms with E-state index in [0.29, 0.717) is 11.3 Å². The van der Waals surface area contributed by atoms with Crippen molar-refractivity contribution >= 4 is 23.5 Å². The van der Waals surface area contributed by atoms with Crippen molar-refractivity contribution < 1.29 is 24.2 Å². The molecule has 128 valence electrons. The summed E-state index contributed by atoms with van der Waals surface area (Å²) in [7, 11) is 2.78. The number of aliphatic hydroxyl groups is 1.